The van der Waals surface area contributed by atoms with Crippen LogP contribution >= 0.6 is 23.2 Å². The Morgan fingerprint density at radius 2 is 1.93 bits per heavy atom. The van der Waals surface area contributed by atoms with Gasteiger partial charge in [-0.2, -0.15) is 9.94 Å². The van der Waals surface area contributed by atoms with Crippen molar-refractivity contribution in [2.24, 2.45) is 0 Å². The number of nitrogens with one attached hydrogen (secondary N) is 3. The van der Waals surface area contributed by atoms with Crippen molar-refractivity contribution in [3.8, 4) is 28.8 Å². The molecule has 0 bridgehead atoms. The highest BCUT2D eigenvalue weighted by Gasteiger charge is 2.22. The van der Waals surface area contributed by atoms with E-state index < -0.39 is 28.8 Å². The van der Waals surface area contributed by atoms with Crippen molar-refractivity contribution in [1.82, 2.24) is 40.5 Å². The zero-order chi connectivity index (χ0) is 31.5. The number of hydrogen-bond acceptors (Lipinski definition) is 8. The van der Waals surface area contributed by atoms with E-state index in [-0.39, 0.29) is 10.5 Å². The van der Waals surface area contributed by atoms with Crippen molar-refractivity contribution in [2.75, 3.05) is 0 Å². The molecule has 3 aromatic heterocycles. The molecule has 0 radical (unpaired) electrons. The lowest BCUT2D eigenvalue weighted by molar-refractivity contribution is -0.117. The third-order valence-electron chi connectivity index (χ3n) is 6.98. The van der Waals surface area contributed by atoms with Crippen LogP contribution in [0.1, 0.15) is 28.6 Å². The van der Waals surface area contributed by atoms with Gasteiger partial charge >= 0.3 is 0 Å². The fourth-order valence-electron chi connectivity index (χ4n) is 4.84. The standard InChI is InChI=1S/C31H21Cl2N9O3/c32-20-8-10-25(42-16-35-40-41-42)18(13-20)7-11-26(43)36-24(12-17-4-2-1-3-5-17)30-38-27(29(33)39-30)19-6-9-23-21(14-19)28(44)22(15-34)31(45)37-23/h1-11,13-14,16,24H,12H2,(H,36,43)(H,38,39)(H2,37,44,45)/b11-7+. The lowest BCUT2D eigenvalue weighted by Crippen LogP contribution is -2.29. The Kier molecular flexibility index (Phi) is 8.11. The molecule has 4 N–H and O–H groups in total. The summed E-state index contributed by atoms with van der Waals surface area (Å²) in [7, 11) is 0. The first-order chi connectivity index (χ1) is 21.8. The van der Waals surface area contributed by atoms with E-state index in [1.807, 2.05) is 30.3 Å². The summed E-state index contributed by atoms with van der Waals surface area (Å²) in [4.78, 5) is 35.7. The number of carbonyl (C=O) groups excluding carboxylic acids is 1. The molecule has 3 aromatic carbocycles. The van der Waals surface area contributed by atoms with E-state index in [9.17, 15) is 20.0 Å². The summed E-state index contributed by atoms with van der Waals surface area (Å²) in [5.74, 6) is -0.452. The first-order valence-corrected chi connectivity index (χ1v) is 14.2. The second-order valence-electron chi connectivity index (χ2n) is 9.88. The Bertz CT molecular complexity index is 2170. The molecular weight excluding hydrogens is 617 g/mol. The fourth-order valence-corrected chi connectivity index (χ4v) is 5.27. The Morgan fingerprint density at radius 3 is 2.69 bits per heavy atom. The molecule has 6 rings (SSSR count). The number of nitriles is 1. The zero-order valence-electron chi connectivity index (χ0n) is 23.1. The lowest BCUT2D eigenvalue weighted by atomic mass is 10.0. The summed E-state index contributed by atoms with van der Waals surface area (Å²) in [5.41, 5.74) is 2.32. The summed E-state index contributed by atoms with van der Waals surface area (Å²) in [6, 6.07) is 20.6. The fraction of sp³-hybridized carbons (Fsp3) is 0.0645. The third-order valence-corrected chi connectivity index (χ3v) is 7.49. The van der Waals surface area contributed by atoms with Gasteiger partial charge in [0.2, 0.25) is 5.91 Å². The predicted molar refractivity (Wildman–Crippen MR) is 168 cm³/mol. The number of H-pyrrole nitrogens is 2. The molecule has 0 saturated carbocycles. The molecule has 0 aliphatic heterocycles. The number of nitrogens with zero attached hydrogens (tertiary/aromatic N) is 6. The maximum atomic E-state index is 13.3. The monoisotopic (exact) mass is 637 g/mol. The number of aromatic hydroxyl groups is 1. The Balaban J connectivity index is 1.32. The van der Waals surface area contributed by atoms with E-state index in [2.05, 4.69) is 30.8 Å². The minimum Gasteiger partial charge on any atom is -0.506 e. The molecule has 1 unspecified atom stereocenters. The second-order valence-corrected chi connectivity index (χ2v) is 10.7. The van der Waals surface area contributed by atoms with Gasteiger partial charge in [-0.3, -0.25) is 9.59 Å². The molecule has 0 saturated heterocycles. The van der Waals surface area contributed by atoms with Crippen molar-refractivity contribution >= 4 is 46.1 Å². The smallest absolute Gasteiger partial charge is 0.270 e. The number of imidazole rings is 1. The van der Waals surface area contributed by atoms with Gasteiger partial charge in [0.25, 0.3) is 5.56 Å². The number of amides is 1. The highest BCUT2D eigenvalue weighted by atomic mass is 35.5. The number of carbonyl (C=O) groups is 1. The summed E-state index contributed by atoms with van der Waals surface area (Å²) in [5, 5.41) is 35.0. The molecule has 1 amide bonds. The molecule has 45 heavy (non-hydrogen) atoms. The van der Waals surface area contributed by atoms with Crippen LogP contribution in [0.3, 0.4) is 0 Å². The quantitative estimate of drug-likeness (QED) is 0.170. The maximum Gasteiger partial charge on any atom is 0.270 e. The van der Waals surface area contributed by atoms with Crippen LogP contribution in [0.15, 0.2) is 83.9 Å². The molecule has 1 atom stereocenters. The molecule has 6 aromatic rings. The maximum absolute atomic E-state index is 13.3. The van der Waals surface area contributed by atoms with Gasteiger partial charge in [-0.05, 0) is 58.8 Å². The lowest BCUT2D eigenvalue weighted by Gasteiger charge is -2.16. The number of halogens is 2. The average Bonchev–Trinajstić information content (AvgIpc) is 3.71. The van der Waals surface area contributed by atoms with Crippen LogP contribution in [0, 0.1) is 11.3 Å². The number of aromatic nitrogens is 7. The Hall–Kier alpha value is -5.77. The van der Waals surface area contributed by atoms with Gasteiger partial charge in [-0.15, -0.1) is 5.10 Å². The van der Waals surface area contributed by atoms with E-state index in [0.29, 0.717) is 45.3 Å². The normalized spacial score (nSPS) is 11.9. The van der Waals surface area contributed by atoms with Crippen molar-refractivity contribution in [3.05, 3.63) is 122 Å². The number of benzene rings is 3. The number of fused-ring (bicyclic) bond motifs is 1. The van der Waals surface area contributed by atoms with E-state index in [1.54, 1.807) is 48.5 Å². The van der Waals surface area contributed by atoms with Crippen LogP contribution in [0.5, 0.6) is 5.75 Å². The van der Waals surface area contributed by atoms with Gasteiger partial charge in [-0.25, -0.2) is 4.98 Å². The van der Waals surface area contributed by atoms with Crippen LogP contribution in [-0.2, 0) is 11.2 Å². The number of pyridine rings is 1. The topological polar surface area (TPSA) is 178 Å². The Labute approximate surface area is 264 Å². The van der Waals surface area contributed by atoms with Gasteiger partial charge in [0.15, 0.2) is 5.56 Å². The van der Waals surface area contributed by atoms with Gasteiger partial charge in [0.05, 0.1) is 17.2 Å². The van der Waals surface area contributed by atoms with Crippen molar-refractivity contribution in [3.63, 3.8) is 0 Å². The zero-order valence-corrected chi connectivity index (χ0v) is 24.6. The number of rotatable bonds is 8. The van der Waals surface area contributed by atoms with Crippen molar-refractivity contribution < 1.29 is 9.90 Å². The molecule has 0 fully saturated rings. The number of tetrazole rings is 1. The molecule has 222 valence electrons. The van der Waals surface area contributed by atoms with Crippen molar-refractivity contribution in [1.29, 1.82) is 5.26 Å². The molecule has 0 aliphatic rings. The number of aromatic amines is 2. The molecule has 0 aliphatic carbocycles. The molecular formula is C31H21Cl2N9O3. The molecule has 14 heteroatoms. The minimum absolute atomic E-state index is 0.196. The van der Waals surface area contributed by atoms with Crippen LogP contribution < -0.4 is 10.9 Å². The van der Waals surface area contributed by atoms with Crippen LogP contribution in [0.2, 0.25) is 10.2 Å². The summed E-state index contributed by atoms with van der Waals surface area (Å²) in [6.07, 6.45) is 4.82. The van der Waals surface area contributed by atoms with Gasteiger partial charge in [0, 0.05) is 27.6 Å². The van der Waals surface area contributed by atoms with Crippen LogP contribution in [0.25, 0.3) is 33.9 Å². The largest absolute Gasteiger partial charge is 0.506 e. The van der Waals surface area contributed by atoms with Crippen molar-refractivity contribution in [2.45, 2.75) is 12.5 Å². The summed E-state index contributed by atoms with van der Waals surface area (Å²) in [6.45, 7) is 0. The summed E-state index contributed by atoms with van der Waals surface area (Å²) < 4.78 is 1.46. The van der Waals surface area contributed by atoms with E-state index in [0.717, 1.165) is 5.56 Å². The molecule has 0 spiro atoms. The predicted octanol–water partition coefficient (Wildman–Crippen LogP) is 4.89. The SMILES string of the molecule is N#Cc1c(O)c2cc(-c3nc(C(Cc4ccccc4)NC(=O)/C=C/c4cc(Cl)ccc4-n4cnnn4)[nH]c3Cl)ccc2[nH]c1=O. The highest BCUT2D eigenvalue weighted by molar-refractivity contribution is 6.32. The van der Waals surface area contributed by atoms with E-state index in [1.165, 1.54) is 17.1 Å². The van der Waals surface area contributed by atoms with Crippen LogP contribution in [-0.4, -0.2) is 46.2 Å². The van der Waals surface area contributed by atoms with Gasteiger partial charge < -0.3 is 20.4 Å². The molecule has 3 heterocycles. The summed E-state index contributed by atoms with van der Waals surface area (Å²) >= 11 is 12.8. The van der Waals surface area contributed by atoms with Gasteiger partial charge in [0.1, 0.15) is 34.8 Å². The van der Waals surface area contributed by atoms with Gasteiger partial charge in [-0.1, -0.05) is 59.6 Å². The minimum atomic E-state index is -0.689. The first kappa shape index (κ1) is 29.3. The Morgan fingerprint density at radius 1 is 1.11 bits per heavy atom. The second kappa shape index (κ2) is 12.5. The van der Waals surface area contributed by atoms with E-state index >= 15 is 0 Å². The molecule has 12 nitrogen and oxygen atoms in total. The van der Waals surface area contributed by atoms with Crippen LogP contribution in [0.4, 0.5) is 0 Å². The van der Waals surface area contributed by atoms with E-state index in [4.69, 9.17) is 28.2 Å². The first-order valence-electron chi connectivity index (χ1n) is 13.4. The number of hydrogen-bond donors (Lipinski definition) is 4. The average molecular weight is 638 g/mol. The highest BCUT2D eigenvalue weighted by Crippen LogP contribution is 2.33. The third kappa shape index (κ3) is 6.16.